The number of carbonyl (C=O) groups excluding carboxylic acids is 1. The maximum Gasteiger partial charge on any atom is 0.308 e. The third-order valence-corrected chi connectivity index (χ3v) is 3.64. The third kappa shape index (κ3) is 4.19. The number of ether oxygens (including phenoxy) is 1. The molecule has 0 bridgehead atoms. The average Bonchev–Trinajstić information content (AvgIpc) is 3.30. The summed E-state index contributed by atoms with van der Waals surface area (Å²) >= 11 is 0. The van der Waals surface area contributed by atoms with Crippen molar-refractivity contribution in [3.63, 3.8) is 0 Å². The van der Waals surface area contributed by atoms with E-state index in [4.69, 9.17) is 9.84 Å². The molecule has 22 heavy (non-hydrogen) atoms. The zero-order valence-electron chi connectivity index (χ0n) is 12.7. The van der Waals surface area contributed by atoms with E-state index in [-0.39, 0.29) is 24.3 Å². The maximum absolute atomic E-state index is 12.9. The fourth-order valence-electron chi connectivity index (χ4n) is 2.18. The predicted octanol–water partition coefficient (Wildman–Crippen LogP) is 2.30. The minimum Gasteiger partial charge on any atom is -0.481 e. The lowest BCUT2D eigenvalue weighted by Crippen LogP contribution is -2.45. The summed E-state index contributed by atoms with van der Waals surface area (Å²) in [6, 6.07) is 5.55. The molecule has 0 spiro atoms. The van der Waals surface area contributed by atoms with E-state index in [9.17, 15) is 14.0 Å². The van der Waals surface area contributed by atoms with Gasteiger partial charge in [0.15, 0.2) is 6.10 Å². The first-order chi connectivity index (χ1) is 10.4. The van der Waals surface area contributed by atoms with Crippen LogP contribution in [0.3, 0.4) is 0 Å². The Bertz CT molecular complexity index is 542. The molecule has 120 valence electrons. The van der Waals surface area contributed by atoms with Crippen molar-refractivity contribution in [2.45, 2.75) is 38.8 Å². The first-order valence-electron chi connectivity index (χ1n) is 7.34. The Morgan fingerprint density at radius 3 is 2.41 bits per heavy atom. The van der Waals surface area contributed by atoms with Gasteiger partial charge >= 0.3 is 5.97 Å². The lowest BCUT2D eigenvalue weighted by atomic mass is 10.1. The fourth-order valence-corrected chi connectivity index (χ4v) is 2.18. The van der Waals surface area contributed by atoms with Gasteiger partial charge in [-0.15, -0.1) is 0 Å². The van der Waals surface area contributed by atoms with Gasteiger partial charge in [0.05, 0.1) is 5.92 Å². The van der Waals surface area contributed by atoms with E-state index < -0.39 is 18.0 Å². The molecule has 0 aromatic heterocycles. The summed E-state index contributed by atoms with van der Waals surface area (Å²) in [5.41, 5.74) is 0. The number of nitrogens with zero attached hydrogens (tertiary/aromatic N) is 1. The number of amides is 1. The molecule has 0 saturated heterocycles. The van der Waals surface area contributed by atoms with Crippen LogP contribution in [-0.2, 0) is 9.59 Å². The Morgan fingerprint density at radius 2 is 1.91 bits per heavy atom. The monoisotopic (exact) mass is 309 g/mol. The first kappa shape index (κ1) is 16.3. The molecule has 1 aromatic carbocycles. The minimum absolute atomic E-state index is 0.105. The highest BCUT2D eigenvalue weighted by Gasteiger charge is 2.36. The van der Waals surface area contributed by atoms with Crippen LogP contribution < -0.4 is 4.74 Å². The van der Waals surface area contributed by atoms with Crippen LogP contribution >= 0.6 is 0 Å². The lowest BCUT2D eigenvalue weighted by molar-refractivity contribution is -0.145. The average molecular weight is 309 g/mol. The summed E-state index contributed by atoms with van der Waals surface area (Å²) in [5, 5.41) is 9.01. The second-order valence-electron chi connectivity index (χ2n) is 5.68. The molecular weight excluding hydrogens is 289 g/mol. The van der Waals surface area contributed by atoms with Crippen molar-refractivity contribution < 1.29 is 23.8 Å². The summed E-state index contributed by atoms with van der Waals surface area (Å²) in [4.78, 5) is 25.1. The molecule has 1 aliphatic rings. The molecule has 1 aromatic rings. The van der Waals surface area contributed by atoms with E-state index in [0.717, 1.165) is 12.8 Å². The highest BCUT2D eigenvalue weighted by molar-refractivity contribution is 5.82. The number of rotatable bonds is 7. The Labute approximate surface area is 128 Å². The molecule has 5 nitrogen and oxygen atoms in total. The molecular formula is C16H20FNO4. The van der Waals surface area contributed by atoms with Crippen molar-refractivity contribution in [3.05, 3.63) is 30.1 Å². The van der Waals surface area contributed by atoms with E-state index in [1.165, 1.54) is 24.3 Å². The summed E-state index contributed by atoms with van der Waals surface area (Å²) in [6.45, 7) is 3.37. The molecule has 1 amide bonds. The van der Waals surface area contributed by atoms with Crippen LogP contribution in [0.1, 0.15) is 26.7 Å². The van der Waals surface area contributed by atoms with Gasteiger partial charge in [-0.1, -0.05) is 6.92 Å². The molecule has 0 radical (unpaired) electrons. The predicted molar refractivity (Wildman–Crippen MR) is 78.0 cm³/mol. The van der Waals surface area contributed by atoms with Gasteiger partial charge < -0.3 is 14.7 Å². The summed E-state index contributed by atoms with van der Waals surface area (Å²) < 4.78 is 18.4. The second-order valence-corrected chi connectivity index (χ2v) is 5.68. The number of halogens is 1. The molecule has 1 N–H and O–H groups in total. The van der Waals surface area contributed by atoms with Crippen LogP contribution in [0, 0.1) is 11.7 Å². The van der Waals surface area contributed by atoms with Crippen LogP contribution in [0.2, 0.25) is 0 Å². The number of benzene rings is 1. The number of carboxylic acid groups (broad SMARTS) is 1. The molecule has 2 atom stereocenters. The Kier molecular flexibility index (Phi) is 5.00. The van der Waals surface area contributed by atoms with Gasteiger partial charge in [0.2, 0.25) is 0 Å². The van der Waals surface area contributed by atoms with Crippen molar-refractivity contribution in [2.24, 2.45) is 5.92 Å². The third-order valence-electron chi connectivity index (χ3n) is 3.64. The number of aliphatic carboxylic acids is 1. The van der Waals surface area contributed by atoms with E-state index in [1.807, 2.05) is 0 Å². The summed E-state index contributed by atoms with van der Waals surface area (Å²) in [7, 11) is 0. The van der Waals surface area contributed by atoms with Gasteiger partial charge in [-0.05, 0) is 44.0 Å². The quantitative estimate of drug-likeness (QED) is 0.839. The topological polar surface area (TPSA) is 66.8 Å². The molecule has 1 fully saturated rings. The van der Waals surface area contributed by atoms with Crippen molar-refractivity contribution >= 4 is 11.9 Å². The highest BCUT2D eigenvalue weighted by Crippen LogP contribution is 2.28. The number of hydrogen-bond acceptors (Lipinski definition) is 3. The smallest absolute Gasteiger partial charge is 0.308 e. The molecule has 6 heteroatoms. The van der Waals surface area contributed by atoms with Crippen molar-refractivity contribution in [3.8, 4) is 5.75 Å². The van der Waals surface area contributed by atoms with Crippen LogP contribution in [-0.4, -0.2) is 40.6 Å². The summed E-state index contributed by atoms with van der Waals surface area (Å²) in [6.07, 6.45) is 1.04. The van der Waals surface area contributed by atoms with E-state index >= 15 is 0 Å². The SMILES string of the molecule is CC(CN(C(=O)C(C)Oc1ccc(F)cc1)C1CC1)C(=O)O. The largest absolute Gasteiger partial charge is 0.481 e. The Morgan fingerprint density at radius 1 is 1.32 bits per heavy atom. The fraction of sp³-hybridized carbons (Fsp3) is 0.500. The zero-order chi connectivity index (χ0) is 16.3. The highest BCUT2D eigenvalue weighted by atomic mass is 19.1. The normalized spacial score (nSPS) is 16.7. The molecule has 0 heterocycles. The second kappa shape index (κ2) is 6.77. The maximum atomic E-state index is 12.9. The Balaban J connectivity index is 1.99. The molecule has 2 rings (SSSR count). The van der Waals surface area contributed by atoms with Gasteiger partial charge in [0, 0.05) is 12.6 Å². The van der Waals surface area contributed by atoms with E-state index in [0.29, 0.717) is 5.75 Å². The van der Waals surface area contributed by atoms with Gasteiger partial charge in [-0.25, -0.2) is 4.39 Å². The zero-order valence-corrected chi connectivity index (χ0v) is 12.7. The van der Waals surface area contributed by atoms with E-state index in [2.05, 4.69) is 0 Å². The first-order valence-corrected chi connectivity index (χ1v) is 7.34. The van der Waals surface area contributed by atoms with Gasteiger partial charge in [0.25, 0.3) is 5.91 Å². The van der Waals surface area contributed by atoms with Crippen molar-refractivity contribution in [1.82, 2.24) is 4.90 Å². The minimum atomic E-state index is -0.925. The molecule has 1 saturated carbocycles. The van der Waals surface area contributed by atoms with Gasteiger partial charge in [-0.3, -0.25) is 9.59 Å². The number of carboxylic acids is 1. The van der Waals surface area contributed by atoms with E-state index in [1.54, 1.807) is 18.7 Å². The Hall–Kier alpha value is -2.11. The standard InChI is InChI=1S/C16H20FNO4/c1-10(16(20)21)9-18(13-5-6-13)15(19)11(2)22-14-7-3-12(17)4-8-14/h3-4,7-8,10-11,13H,5-6,9H2,1-2H3,(H,20,21). The number of hydrogen-bond donors (Lipinski definition) is 1. The van der Waals surface area contributed by atoms with Gasteiger partial charge in [0.1, 0.15) is 11.6 Å². The van der Waals surface area contributed by atoms with Crippen LogP contribution in [0.5, 0.6) is 5.75 Å². The summed E-state index contributed by atoms with van der Waals surface area (Å²) in [5.74, 6) is -1.75. The molecule has 0 aliphatic heterocycles. The molecule has 2 unspecified atom stereocenters. The van der Waals surface area contributed by atoms with Gasteiger partial charge in [-0.2, -0.15) is 0 Å². The van der Waals surface area contributed by atoms with Crippen LogP contribution in [0.15, 0.2) is 24.3 Å². The van der Waals surface area contributed by atoms with Crippen LogP contribution in [0.25, 0.3) is 0 Å². The molecule has 1 aliphatic carbocycles. The van der Waals surface area contributed by atoms with Crippen molar-refractivity contribution in [1.29, 1.82) is 0 Å². The van der Waals surface area contributed by atoms with Crippen LogP contribution in [0.4, 0.5) is 4.39 Å². The lowest BCUT2D eigenvalue weighted by Gasteiger charge is -2.27. The van der Waals surface area contributed by atoms with Crippen molar-refractivity contribution in [2.75, 3.05) is 6.54 Å². The number of carbonyl (C=O) groups is 2.